The Morgan fingerprint density at radius 2 is 1.78 bits per heavy atom. The van der Waals surface area contributed by atoms with Gasteiger partial charge in [0.2, 0.25) is 0 Å². The van der Waals surface area contributed by atoms with Gasteiger partial charge in [0, 0.05) is 24.3 Å². The first kappa shape index (κ1) is 24.1. The molecule has 0 spiro atoms. The number of ether oxygens (including phenoxy) is 1. The largest absolute Gasteiger partial charge is 0.464 e. The van der Waals surface area contributed by atoms with E-state index in [1.165, 1.54) is 16.7 Å². The maximum absolute atomic E-state index is 12.9. The van der Waals surface area contributed by atoms with Gasteiger partial charge in [0.15, 0.2) is 0 Å². The minimum atomic E-state index is -0.567. The van der Waals surface area contributed by atoms with Crippen molar-refractivity contribution in [2.45, 2.75) is 45.7 Å². The van der Waals surface area contributed by atoms with Gasteiger partial charge in [-0.1, -0.05) is 56.3 Å². The van der Waals surface area contributed by atoms with Gasteiger partial charge in [-0.05, 0) is 70.7 Å². The average Bonchev–Trinajstić information content (AvgIpc) is 3.43. The Morgan fingerprint density at radius 3 is 2.58 bits per heavy atom. The summed E-state index contributed by atoms with van der Waals surface area (Å²) in [6.45, 7) is 5.58. The third-order valence-corrected chi connectivity index (χ3v) is 6.96. The van der Waals surface area contributed by atoms with Crippen molar-refractivity contribution in [2.75, 3.05) is 18.5 Å². The summed E-state index contributed by atoms with van der Waals surface area (Å²) in [6.07, 6.45) is 2.13. The molecule has 2 aliphatic rings. The van der Waals surface area contributed by atoms with Crippen molar-refractivity contribution < 1.29 is 14.3 Å². The number of carbonyl (C=O) groups is 2. The molecular weight excluding hydrogens is 450 g/mol. The normalized spacial score (nSPS) is 14.2. The van der Waals surface area contributed by atoms with Crippen molar-refractivity contribution in [1.29, 1.82) is 0 Å². The first-order chi connectivity index (χ1) is 17.4. The van der Waals surface area contributed by atoms with Crippen LogP contribution in [0.3, 0.4) is 0 Å². The summed E-state index contributed by atoms with van der Waals surface area (Å²) in [7, 11) is 0. The maximum Gasteiger partial charge on any atom is 0.322 e. The highest BCUT2D eigenvalue weighted by Gasteiger charge is 2.32. The molecule has 6 heteroatoms. The van der Waals surface area contributed by atoms with Crippen LogP contribution in [-0.4, -0.2) is 31.1 Å². The standard InChI is InChI=1S/C30H33N3O3/c1-18(2)14-25(31)30(35)36-13-7-12-32-26-11-6-5-10-22(26)23-16-20-15-19-8-3-4-9-21(19)27(20)28-24(23)17-33-29(28)34/h3-6,8-11,16,18,25,32H,7,12-15,17,31H2,1-2H3,(H,33,34). The minimum absolute atomic E-state index is 0.00253. The first-order valence-electron chi connectivity index (χ1n) is 12.7. The number of rotatable bonds is 9. The fourth-order valence-electron chi connectivity index (χ4n) is 5.33. The van der Waals surface area contributed by atoms with Gasteiger partial charge < -0.3 is 21.1 Å². The van der Waals surface area contributed by atoms with Gasteiger partial charge in [-0.15, -0.1) is 0 Å². The van der Waals surface area contributed by atoms with Crippen LogP contribution in [0.4, 0.5) is 5.69 Å². The lowest BCUT2D eigenvalue weighted by molar-refractivity contribution is -0.145. The van der Waals surface area contributed by atoms with E-state index >= 15 is 0 Å². The van der Waals surface area contributed by atoms with Crippen molar-refractivity contribution in [3.8, 4) is 22.3 Å². The van der Waals surface area contributed by atoms with E-state index in [0.29, 0.717) is 38.5 Å². The van der Waals surface area contributed by atoms with Crippen LogP contribution in [0.15, 0.2) is 54.6 Å². The molecule has 1 aliphatic carbocycles. The van der Waals surface area contributed by atoms with Gasteiger partial charge in [0.25, 0.3) is 5.91 Å². The number of carbonyl (C=O) groups excluding carboxylic acids is 2. The molecule has 36 heavy (non-hydrogen) atoms. The van der Waals surface area contributed by atoms with Crippen LogP contribution in [0.5, 0.6) is 0 Å². The van der Waals surface area contributed by atoms with E-state index in [1.807, 2.05) is 32.0 Å². The molecule has 3 aromatic rings. The van der Waals surface area contributed by atoms with Gasteiger partial charge in [-0.3, -0.25) is 9.59 Å². The molecule has 186 valence electrons. The van der Waals surface area contributed by atoms with Crippen LogP contribution < -0.4 is 16.4 Å². The molecule has 1 heterocycles. The minimum Gasteiger partial charge on any atom is -0.464 e. The number of nitrogens with one attached hydrogen (secondary N) is 2. The smallest absolute Gasteiger partial charge is 0.322 e. The molecule has 6 nitrogen and oxygen atoms in total. The number of benzene rings is 3. The predicted octanol–water partition coefficient (Wildman–Crippen LogP) is 4.89. The van der Waals surface area contributed by atoms with E-state index in [1.54, 1.807) is 0 Å². The third kappa shape index (κ3) is 4.61. The third-order valence-electron chi connectivity index (χ3n) is 6.96. The van der Waals surface area contributed by atoms with E-state index in [2.05, 4.69) is 47.0 Å². The molecule has 5 rings (SSSR count). The maximum atomic E-state index is 12.9. The number of hydrogen-bond acceptors (Lipinski definition) is 5. The summed E-state index contributed by atoms with van der Waals surface area (Å²) in [5, 5.41) is 6.55. The van der Waals surface area contributed by atoms with Gasteiger partial charge >= 0.3 is 5.97 Å². The fourth-order valence-corrected chi connectivity index (χ4v) is 5.33. The van der Waals surface area contributed by atoms with Gasteiger partial charge in [0.05, 0.1) is 12.2 Å². The van der Waals surface area contributed by atoms with Crippen LogP contribution in [0.1, 0.15) is 53.7 Å². The van der Waals surface area contributed by atoms with E-state index in [-0.39, 0.29) is 11.9 Å². The Morgan fingerprint density at radius 1 is 1.03 bits per heavy atom. The Hall–Kier alpha value is -3.64. The molecule has 4 N–H and O–H groups in total. The number of esters is 1. The summed E-state index contributed by atoms with van der Waals surface area (Å²) in [6, 6.07) is 18.2. The molecule has 1 unspecified atom stereocenters. The predicted molar refractivity (Wildman–Crippen MR) is 143 cm³/mol. The highest BCUT2D eigenvalue weighted by molar-refractivity contribution is 6.09. The Balaban J connectivity index is 1.34. The van der Waals surface area contributed by atoms with Gasteiger partial charge in [0.1, 0.15) is 6.04 Å². The van der Waals surface area contributed by atoms with E-state index < -0.39 is 6.04 Å². The van der Waals surface area contributed by atoms with Crippen molar-refractivity contribution >= 4 is 17.6 Å². The number of nitrogens with two attached hydrogens (primary N) is 1. The van der Waals surface area contributed by atoms with Crippen LogP contribution >= 0.6 is 0 Å². The lowest BCUT2D eigenvalue weighted by atomic mass is 9.89. The summed E-state index contributed by atoms with van der Waals surface area (Å²) >= 11 is 0. The number of para-hydroxylation sites is 1. The molecule has 3 aromatic carbocycles. The Bertz CT molecular complexity index is 1310. The lowest BCUT2D eigenvalue weighted by Gasteiger charge is -2.17. The quantitative estimate of drug-likeness (QED) is 0.233. The zero-order valence-corrected chi connectivity index (χ0v) is 20.9. The molecule has 1 atom stereocenters. The summed E-state index contributed by atoms with van der Waals surface area (Å²) in [4.78, 5) is 25.0. The van der Waals surface area contributed by atoms with E-state index in [0.717, 1.165) is 39.9 Å². The van der Waals surface area contributed by atoms with Gasteiger partial charge in [-0.25, -0.2) is 0 Å². The fraction of sp³-hybridized carbons (Fsp3) is 0.333. The number of fused-ring (bicyclic) bond motifs is 5. The van der Waals surface area contributed by atoms with Crippen molar-refractivity contribution in [2.24, 2.45) is 11.7 Å². The molecule has 0 saturated carbocycles. The van der Waals surface area contributed by atoms with Gasteiger partial charge in [-0.2, -0.15) is 0 Å². The SMILES string of the molecule is CC(C)CC(N)C(=O)OCCCNc1ccccc1-c1cc2c(c3c1CNC3=O)-c1ccccc1C2. The molecule has 0 saturated heterocycles. The highest BCUT2D eigenvalue weighted by Crippen LogP contribution is 2.46. The van der Waals surface area contributed by atoms with Crippen LogP contribution in [0.25, 0.3) is 22.3 Å². The van der Waals surface area contributed by atoms with E-state index in [9.17, 15) is 9.59 Å². The number of anilines is 1. The van der Waals surface area contributed by atoms with E-state index in [4.69, 9.17) is 10.5 Å². The molecule has 0 bridgehead atoms. The zero-order valence-electron chi connectivity index (χ0n) is 20.9. The van der Waals surface area contributed by atoms with Crippen molar-refractivity contribution in [3.63, 3.8) is 0 Å². The summed E-state index contributed by atoms with van der Waals surface area (Å²) in [5.74, 6) is 0.0183. The average molecular weight is 484 g/mol. The number of hydrogen-bond donors (Lipinski definition) is 3. The Kier molecular flexibility index (Phi) is 6.79. The molecule has 0 fully saturated rings. The highest BCUT2D eigenvalue weighted by atomic mass is 16.5. The lowest BCUT2D eigenvalue weighted by Crippen LogP contribution is -2.33. The summed E-state index contributed by atoms with van der Waals surface area (Å²) < 4.78 is 5.36. The molecule has 1 aliphatic heterocycles. The summed E-state index contributed by atoms with van der Waals surface area (Å²) in [5.41, 5.74) is 15.6. The van der Waals surface area contributed by atoms with Crippen LogP contribution in [-0.2, 0) is 22.5 Å². The van der Waals surface area contributed by atoms with Crippen LogP contribution in [0, 0.1) is 5.92 Å². The van der Waals surface area contributed by atoms with Crippen LogP contribution in [0.2, 0.25) is 0 Å². The zero-order chi connectivity index (χ0) is 25.2. The molecule has 0 aromatic heterocycles. The second-order valence-electron chi connectivity index (χ2n) is 10.1. The second kappa shape index (κ2) is 10.2. The molecule has 0 radical (unpaired) electrons. The molecule has 1 amide bonds. The monoisotopic (exact) mass is 483 g/mol. The topological polar surface area (TPSA) is 93.5 Å². The number of amides is 1. The Labute approximate surface area is 212 Å². The van der Waals surface area contributed by atoms with Crippen molar-refractivity contribution in [1.82, 2.24) is 5.32 Å². The van der Waals surface area contributed by atoms with Crippen molar-refractivity contribution in [3.05, 3.63) is 76.9 Å². The second-order valence-corrected chi connectivity index (χ2v) is 10.1. The molecular formula is C30H33N3O3. The first-order valence-corrected chi connectivity index (χ1v) is 12.7.